The number of quaternary nitrogens is 1. The summed E-state index contributed by atoms with van der Waals surface area (Å²) in [5, 5.41) is 0. The SMILES string of the molecule is CCCCCCCC[N+](CCCCCCCC)(CCCCCCCC)C(C)(OC)c1c(OB(Oc2cc(C(F)(F)F)cc(C(F)(F)F)c2)Oc2cc(C(F)(F)F)cc(C(F)(F)F)c2)cc(C(F)(F)F)cc1C(F)(F)F.FC(F)(F)c1c[c-]cc(C(F)(F)F)c1. The topological polar surface area (TPSA) is 36.9 Å². The molecule has 0 spiro atoms. The molecule has 0 saturated carbocycles. The quantitative estimate of drug-likeness (QED) is 0.0130. The maximum atomic E-state index is 15.8. The number of hydrogen-bond acceptors (Lipinski definition) is 4. The van der Waals surface area contributed by atoms with Crippen LogP contribution >= 0.6 is 0 Å². The molecule has 0 N–H and O–H groups in total. The standard InChI is InChI=1S/C51H65BF18NO4.C8H3F6/c1-6-9-12-15-18-21-24-71(25-22-19-16-13-10-7-2,26-23-20-17-14-11-8-3)45(4,72-5)44-42(51(68,69)70)33-39(50(65,66)67)34-43(44)75-52(73-40-29-35(46(53,54)55)27-36(30-40)47(56,57)58)74-41-31-37(48(59,60)61)28-38(32-41)49(62,63)64;9-7(10,11)5-2-1-3-6(4-5)8(12,13)14/h27-34H,6-26H2,1-5H3;2-4H/q+1;-1. The molecule has 0 aliphatic carbocycles. The fourth-order valence-electron chi connectivity index (χ4n) is 9.85. The third-order valence-corrected chi connectivity index (χ3v) is 14.6. The average molecular weight is 1320 g/mol. The van der Waals surface area contributed by atoms with Gasteiger partial charge in [0.2, 0.25) is 5.72 Å². The Labute approximate surface area is 500 Å². The predicted octanol–water partition coefficient (Wildman–Crippen LogP) is 22.6. The number of benzene rings is 4. The summed E-state index contributed by atoms with van der Waals surface area (Å²) in [5.41, 5.74) is -18.9. The minimum absolute atomic E-state index is 0.0168. The van der Waals surface area contributed by atoms with Crippen LogP contribution in [0.15, 0.2) is 66.7 Å². The third-order valence-electron chi connectivity index (χ3n) is 14.6. The molecule has 0 radical (unpaired) electrons. The van der Waals surface area contributed by atoms with Gasteiger partial charge in [0.1, 0.15) is 17.2 Å². The number of unbranched alkanes of at least 4 members (excludes halogenated alkanes) is 15. The number of methoxy groups -OCH3 is 1. The average Bonchev–Trinajstić information content (AvgIpc) is 0.863. The molecule has 0 fully saturated rings. The van der Waals surface area contributed by atoms with Crippen LogP contribution in [0.25, 0.3) is 0 Å². The Bertz CT molecular complexity index is 2570. The maximum Gasteiger partial charge on any atom is 0.864 e. The second kappa shape index (κ2) is 32.2. The minimum atomic E-state index is -5.76. The van der Waals surface area contributed by atoms with Crippen LogP contribution in [-0.4, -0.2) is 38.5 Å². The van der Waals surface area contributed by atoms with Crippen molar-refractivity contribution in [2.45, 2.75) is 198 Å². The van der Waals surface area contributed by atoms with E-state index in [9.17, 15) is 92.2 Å². The van der Waals surface area contributed by atoms with Crippen LogP contribution in [0.2, 0.25) is 0 Å². The van der Waals surface area contributed by atoms with E-state index in [0.717, 1.165) is 71.8 Å². The largest absolute Gasteiger partial charge is 0.864 e. The second-order valence-electron chi connectivity index (χ2n) is 21.3. The molecule has 4 aromatic rings. The van der Waals surface area contributed by atoms with E-state index in [1.54, 1.807) is 6.07 Å². The Morgan fingerprint density at radius 2 is 0.629 bits per heavy atom. The van der Waals surface area contributed by atoms with E-state index >= 15 is 13.2 Å². The lowest BCUT2D eigenvalue weighted by atomic mass is 9.88. The van der Waals surface area contributed by atoms with E-state index in [1.165, 1.54) is 0 Å². The number of halogens is 24. The fourth-order valence-corrected chi connectivity index (χ4v) is 9.85. The number of nitrogens with zero attached hydrogens (tertiary/aromatic N) is 1. The first kappa shape index (κ1) is 77.8. The van der Waals surface area contributed by atoms with Crippen molar-refractivity contribution in [3.05, 3.63) is 123 Å². The Kier molecular flexibility index (Phi) is 28.2. The van der Waals surface area contributed by atoms with E-state index in [-0.39, 0.29) is 62.1 Å². The first-order valence-electron chi connectivity index (χ1n) is 28.4. The molecule has 0 amide bonds. The molecule has 1 atom stereocenters. The molecule has 0 aromatic heterocycles. The third kappa shape index (κ3) is 24.0. The van der Waals surface area contributed by atoms with Crippen molar-refractivity contribution in [3.63, 3.8) is 0 Å². The van der Waals surface area contributed by atoms with Crippen LogP contribution in [0.5, 0.6) is 17.2 Å². The van der Waals surface area contributed by atoms with Crippen molar-refractivity contribution in [1.29, 1.82) is 0 Å². The Morgan fingerprint density at radius 1 is 0.348 bits per heavy atom. The molecule has 1 unspecified atom stereocenters. The minimum Gasteiger partial charge on any atom is -0.490 e. The van der Waals surface area contributed by atoms with E-state index in [2.05, 4.69) is 0 Å². The summed E-state index contributed by atoms with van der Waals surface area (Å²) in [6, 6.07) is 1.17. The van der Waals surface area contributed by atoms with Crippen molar-refractivity contribution >= 4 is 7.32 Å². The summed E-state index contributed by atoms with van der Waals surface area (Å²) in [6.07, 6.45) is -31.1. The van der Waals surface area contributed by atoms with Gasteiger partial charge in [-0.05, 0) is 87.1 Å². The van der Waals surface area contributed by atoms with Crippen LogP contribution in [0.4, 0.5) is 105 Å². The lowest BCUT2D eigenvalue weighted by Gasteiger charge is -2.52. The number of alkyl halides is 24. The van der Waals surface area contributed by atoms with E-state index in [4.69, 9.17) is 18.7 Å². The van der Waals surface area contributed by atoms with Crippen LogP contribution in [-0.2, 0) is 59.9 Å². The lowest BCUT2D eigenvalue weighted by Crippen LogP contribution is -2.64. The van der Waals surface area contributed by atoms with Gasteiger partial charge in [-0.3, -0.25) is 4.48 Å². The zero-order valence-corrected chi connectivity index (χ0v) is 48.9. The highest BCUT2D eigenvalue weighted by atomic mass is 19.4. The number of hydrogen-bond donors (Lipinski definition) is 0. The van der Waals surface area contributed by atoms with E-state index < -0.39 is 146 Å². The van der Waals surface area contributed by atoms with Crippen molar-refractivity contribution in [2.24, 2.45) is 0 Å². The van der Waals surface area contributed by atoms with Crippen molar-refractivity contribution in [3.8, 4) is 17.2 Å². The van der Waals surface area contributed by atoms with Crippen molar-refractivity contribution < 1.29 is 129 Å². The number of ether oxygens (including phenoxy) is 1. The molecule has 0 heterocycles. The van der Waals surface area contributed by atoms with E-state index in [0.29, 0.717) is 69.9 Å². The summed E-state index contributed by atoms with van der Waals surface area (Å²) in [4.78, 5) is 0. The van der Waals surface area contributed by atoms with Gasteiger partial charge < -0.3 is 18.7 Å². The summed E-state index contributed by atoms with van der Waals surface area (Å²) in [6.45, 7) is 7.23. The predicted molar refractivity (Wildman–Crippen MR) is 282 cm³/mol. The second-order valence-corrected chi connectivity index (χ2v) is 21.3. The first-order chi connectivity index (χ1) is 40.9. The molecular formula is C59H68BF24NO4. The van der Waals surface area contributed by atoms with Crippen LogP contribution in [0.1, 0.15) is 193 Å². The van der Waals surface area contributed by atoms with Crippen LogP contribution in [0, 0.1) is 6.07 Å². The zero-order valence-electron chi connectivity index (χ0n) is 48.9. The van der Waals surface area contributed by atoms with E-state index in [1.807, 2.05) is 20.8 Å². The Balaban J connectivity index is 0.00000129. The highest BCUT2D eigenvalue weighted by Gasteiger charge is 2.56. The molecule has 4 rings (SSSR count). The summed E-state index contributed by atoms with van der Waals surface area (Å²) >= 11 is 0. The molecule has 89 heavy (non-hydrogen) atoms. The van der Waals surface area contributed by atoms with Gasteiger partial charge in [0.15, 0.2) is 0 Å². The van der Waals surface area contributed by atoms with Crippen LogP contribution in [0.3, 0.4) is 0 Å². The monoisotopic (exact) mass is 1320 g/mol. The summed E-state index contributed by atoms with van der Waals surface area (Å²) in [5.74, 6) is -4.74. The zero-order chi connectivity index (χ0) is 67.7. The molecule has 0 aliphatic heterocycles. The Hall–Kier alpha value is -5.42. The molecular weight excluding hydrogens is 1250 g/mol. The van der Waals surface area contributed by atoms with Gasteiger partial charge in [0.05, 0.1) is 58.6 Å². The van der Waals surface area contributed by atoms with Gasteiger partial charge in [-0.15, -0.1) is 6.07 Å². The number of rotatable bonds is 30. The molecule has 0 aliphatic rings. The maximum absolute atomic E-state index is 15.8. The summed E-state index contributed by atoms with van der Waals surface area (Å²) in [7, 11) is -2.37. The van der Waals surface area contributed by atoms with Gasteiger partial charge in [0.25, 0.3) is 0 Å². The molecule has 30 heteroatoms. The fraction of sp³-hybridized carbons (Fsp3) is 0.593. The van der Waals surface area contributed by atoms with Crippen LogP contribution < -0.4 is 14.0 Å². The molecule has 504 valence electrons. The Morgan fingerprint density at radius 3 is 0.910 bits per heavy atom. The van der Waals surface area contributed by atoms with Crippen molar-refractivity contribution in [2.75, 3.05) is 26.7 Å². The molecule has 0 bridgehead atoms. The van der Waals surface area contributed by atoms with Gasteiger partial charge in [-0.1, -0.05) is 109 Å². The molecule has 5 nitrogen and oxygen atoms in total. The lowest BCUT2D eigenvalue weighted by molar-refractivity contribution is -1.01. The van der Waals surface area contributed by atoms with Crippen molar-refractivity contribution in [1.82, 2.24) is 0 Å². The molecule has 0 saturated heterocycles. The summed E-state index contributed by atoms with van der Waals surface area (Å²) < 4.78 is 355. The van der Waals surface area contributed by atoms with Gasteiger partial charge in [0, 0.05) is 14.0 Å². The normalized spacial score (nSPS) is 13.9. The smallest absolute Gasteiger partial charge is 0.490 e. The highest BCUT2D eigenvalue weighted by Crippen LogP contribution is 2.51. The van der Waals surface area contributed by atoms with Gasteiger partial charge in [-0.25, -0.2) is 0 Å². The van der Waals surface area contributed by atoms with Gasteiger partial charge >= 0.3 is 56.7 Å². The first-order valence-corrected chi connectivity index (χ1v) is 28.4. The van der Waals surface area contributed by atoms with Gasteiger partial charge in [-0.2, -0.15) is 124 Å². The highest BCUT2D eigenvalue weighted by molar-refractivity contribution is 6.39. The molecule has 4 aromatic carbocycles.